The summed E-state index contributed by atoms with van der Waals surface area (Å²) in [6.07, 6.45) is 0.863. The molecule has 0 spiro atoms. The van der Waals surface area contributed by atoms with Gasteiger partial charge in [-0.25, -0.2) is 4.39 Å². The largest absolute Gasteiger partial charge is 0.480 e. The molecular weight excluding hydrogens is 257 g/mol. The Hall–Kier alpha value is -1.13. The fourth-order valence-electron chi connectivity index (χ4n) is 1.83. The molecule has 0 saturated carbocycles. The second-order valence-electron chi connectivity index (χ2n) is 4.16. The van der Waals surface area contributed by atoms with Gasteiger partial charge in [0.05, 0.1) is 5.02 Å². The van der Waals surface area contributed by atoms with E-state index in [1.165, 1.54) is 6.07 Å². The van der Waals surface area contributed by atoms with Gasteiger partial charge in [-0.3, -0.25) is 10.1 Å². The third kappa shape index (κ3) is 3.00. The minimum absolute atomic E-state index is 0.0446. The summed E-state index contributed by atoms with van der Waals surface area (Å²) in [7, 11) is 0. The minimum Gasteiger partial charge on any atom is -0.480 e. The Labute approximate surface area is 111 Å². The van der Waals surface area contributed by atoms with Crippen LogP contribution in [0.2, 0.25) is 5.02 Å². The number of hydrogen-bond donors (Lipinski definition) is 2. The fourth-order valence-corrected chi connectivity index (χ4v) is 2.02. The zero-order valence-electron chi connectivity index (χ0n) is 10.5. The number of carboxylic acid groups (broad SMARTS) is 1. The third-order valence-electron chi connectivity index (χ3n) is 3.27. The number of carbonyl (C=O) groups is 1. The van der Waals surface area contributed by atoms with Crippen molar-refractivity contribution in [1.82, 2.24) is 5.32 Å². The number of aliphatic carboxylic acids is 1. The lowest BCUT2D eigenvalue weighted by atomic mass is 9.92. The van der Waals surface area contributed by atoms with Crippen LogP contribution in [0.25, 0.3) is 0 Å². The van der Waals surface area contributed by atoms with Crippen LogP contribution >= 0.6 is 11.6 Å². The van der Waals surface area contributed by atoms with Crippen molar-refractivity contribution in [2.75, 3.05) is 0 Å². The Morgan fingerprint density at radius 3 is 2.56 bits per heavy atom. The maximum absolute atomic E-state index is 13.7. The van der Waals surface area contributed by atoms with E-state index in [1.54, 1.807) is 26.0 Å². The number of halogens is 2. The van der Waals surface area contributed by atoms with Gasteiger partial charge in [0.25, 0.3) is 0 Å². The molecule has 1 rings (SSSR count). The number of hydrogen-bond acceptors (Lipinski definition) is 2. The lowest BCUT2D eigenvalue weighted by Gasteiger charge is -2.28. The number of carboxylic acids is 1. The molecule has 0 aliphatic rings. The van der Waals surface area contributed by atoms with E-state index in [0.717, 1.165) is 0 Å². The molecule has 0 amide bonds. The van der Waals surface area contributed by atoms with Crippen LogP contribution < -0.4 is 5.32 Å². The van der Waals surface area contributed by atoms with Crippen molar-refractivity contribution < 1.29 is 14.3 Å². The number of benzene rings is 1. The van der Waals surface area contributed by atoms with E-state index in [2.05, 4.69) is 5.32 Å². The van der Waals surface area contributed by atoms with Gasteiger partial charge in [-0.15, -0.1) is 0 Å². The Bertz CT molecular complexity index is 433. The first kappa shape index (κ1) is 14.9. The molecule has 0 aliphatic heterocycles. The van der Waals surface area contributed by atoms with Gasteiger partial charge in [0, 0.05) is 12.1 Å². The molecule has 18 heavy (non-hydrogen) atoms. The molecule has 0 aromatic heterocycles. The van der Waals surface area contributed by atoms with Gasteiger partial charge in [-0.2, -0.15) is 0 Å². The van der Waals surface area contributed by atoms with Crippen molar-refractivity contribution in [3.05, 3.63) is 34.6 Å². The van der Waals surface area contributed by atoms with Gasteiger partial charge >= 0.3 is 5.97 Å². The van der Waals surface area contributed by atoms with Crippen molar-refractivity contribution in [3.8, 4) is 0 Å². The van der Waals surface area contributed by atoms with Crippen molar-refractivity contribution in [2.45, 2.75) is 38.8 Å². The summed E-state index contributed by atoms with van der Waals surface area (Å²) in [5, 5.41) is 12.2. The molecular formula is C13H17ClFNO2. The molecule has 100 valence electrons. The molecule has 0 heterocycles. The van der Waals surface area contributed by atoms with Crippen molar-refractivity contribution in [2.24, 2.45) is 0 Å². The van der Waals surface area contributed by atoms with Crippen LogP contribution in [0, 0.1) is 5.82 Å². The van der Waals surface area contributed by atoms with Gasteiger partial charge in [-0.1, -0.05) is 37.6 Å². The van der Waals surface area contributed by atoms with E-state index in [-0.39, 0.29) is 11.6 Å². The zero-order valence-corrected chi connectivity index (χ0v) is 11.2. The van der Waals surface area contributed by atoms with Gasteiger partial charge in [0.1, 0.15) is 11.4 Å². The highest BCUT2D eigenvalue weighted by atomic mass is 35.5. The quantitative estimate of drug-likeness (QED) is 0.837. The Morgan fingerprint density at radius 2 is 2.06 bits per heavy atom. The first-order valence-electron chi connectivity index (χ1n) is 5.88. The maximum atomic E-state index is 13.7. The average Bonchev–Trinajstić information content (AvgIpc) is 2.35. The van der Waals surface area contributed by atoms with Crippen LogP contribution in [-0.2, 0) is 11.3 Å². The SMILES string of the molecule is CCC(CC)(NCc1cccc(Cl)c1F)C(=O)O. The van der Waals surface area contributed by atoms with E-state index in [9.17, 15) is 14.3 Å². The van der Waals surface area contributed by atoms with E-state index >= 15 is 0 Å². The molecule has 0 atom stereocenters. The van der Waals surface area contributed by atoms with Gasteiger partial charge < -0.3 is 5.11 Å². The standard InChI is InChI=1S/C13H17ClFNO2/c1-3-13(4-2,12(17)18)16-8-9-6-5-7-10(14)11(9)15/h5-7,16H,3-4,8H2,1-2H3,(H,17,18). The lowest BCUT2D eigenvalue weighted by Crippen LogP contribution is -2.50. The highest BCUT2D eigenvalue weighted by Gasteiger charge is 2.34. The Balaban J connectivity index is 2.86. The second kappa shape index (κ2) is 6.16. The van der Waals surface area contributed by atoms with E-state index in [4.69, 9.17) is 11.6 Å². The summed E-state index contributed by atoms with van der Waals surface area (Å²) in [6.45, 7) is 3.72. The van der Waals surface area contributed by atoms with Crippen LogP contribution in [0.15, 0.2) is 18.2 Å². The molecule has 1 aromatic rings. The molecule has 0 radical (unpaired) electrons. The molecule has 0 saturated heterocycles. The summed E-state index contributed by atoms with van der Waals surface area (Å²) >= 11 is 5.68. The van der Waals surface area contributed by atoms with Gasteiger partial charge in [0.15, 0.2) is 0 Å². The second-order valence-corrected chi connectivity index (χ2v) is 4.57. The Kier molecular flexibility index (Phi) is 5.11. The number of nitrogens with one attached hydrogen (secondary N) is 1. The summed E-state index contributed by atoms with van der Waals surface area (Å²) in [6, 6.07) is 4.69. The topological polar surface area (TPSA) is 49.3 Å². The molecule has 0 fully saturated rings. The lowest BCUT2D eigenvalue weighted by molar-refractivity contribution is -0.145. The predicted molar refractivity (Wildman–Crippen MR) is 69.2 cm³/mol. The number of rotatable bonds is 6. The summed E-state index contributed by atoms with van der Waals surface area (Å²) in [5.74, 6) is -1.42. The summed E-state index contributed by atoms with van der Waals surface area (Å²) in [5.41, 5.74) is -0.649. The Morgan fingerprint density at radius 1 is 1.44 bits per heavy atom. The molecule has 0 bridgehead atoms. The monoisotopic (exact) mass is 273 g/mol. The first-order valence-corrected chi connectivity index (χ1v) is 6.26. The highest BCUT2D eigenvalue weighted by Crippen LogP contribution is 2.20. The summed E-state index contributed by atoms with van der Waals surface area (Å²) < 4.78 is 13.7. The van der Waals surface area contributed by atoms with Crippen LogP contribution in [0.5, 0.6) is 0 Å². The van der Waals surface area contributed by atoms with Crippen LogP contribution in [0.3, 0.4) is 0 Å². The van der Waals surface area contributed by atoms with Crippen LogP contribution in [0.1, 0.15) is 32.3 Å². The van der Waals surface area contributed by atoms with E-state index in [1.807, 2.05) is 0 Å². The summed E-state index contributed by atoms with van der Waals surface area (Å²) in [4.78, 5) is 11.3. The van der Waals surface area contributed by atoms with E-state index in [0.29, 0.717) is 18.4 Å². The fraction of sp³-hybridized carbons (Fsp3) is 0.462. The van der Waals surface area contributed by atoms with Crippen LogP contribution in [-0.4, -0.2) is 16.6 Å². The molecule has 3 nitrogen and oxygen atoms in total. The van der Waals surface area contributed by atoms with Crippen molar-refractivity contribution in [3.63, 3.8) is 0 Å². The molecule has 1 aromatic carbocycles. The van der Waals surface area contributed by atoms with Gasteiger partial charge in [0.2, 0.25) is 0 Å². The zero-order chi connectivity index (χ0) is 13.8. The average molecular weight is 274 g/mol. The first-order chi connectivity index (χ1) is 8.46. The van der Waals surface area contributed by atoms with Crippen molar-refractivity contribution >= 4 is 17.6 Å². The third-order valence-corrected chi connectivity index (χ3v) is 3.56. The minimum atomic E-state index is -1.02. The van der Waals surface area contributed by atoms with Gasteiger partial charge in [-0.05, 0) is 18.9 Å². The molecule has 2 N–H and O–H groups in total. The molecule has 0 unspecified atom stereocenters. The molecule has 0 aliphatic carbocycles. The van der Waals surface area contributed by atoms with Crippen molar-refractivity contribution in [1.29, 1.82) is 0 Å². The highest BCUT2D eigenvalue weighted by molar-refractivity contribution is 6.30. The maximum Gasteiger partial charge on any atom is 0.323 e. The predicted octanol–water partition coefficient (Wildman–Crippen LogP) is 3.21. The smallest absolute Gasteiger partial charge is 0.323 e. The van der Waals surface area contributed by atoms with E-state index < -0.39 is 17.3 Å². The molecule has 5 heteroatoms. The normalized spacial score (nSPS) is 11.6. The van der Waals surface area contributed by atoms with Crippen LogP contribution in [0.4, 0.5) is 4.39 Å².